The Kier molecular flexibility index (Phi) is 8.93. The first-order chi connectivity index (χ1) is 16.5. The number of rotatable bonds is 10. The Bertz CT molecular complexity index is 1170. The molecule has 0 bridgehead atoms. The second kappa shape index (κ2) is 12.3. The van der Waals surface area contributed by atoms with Crippen LogP contribution in [-0.4, -0.2) is 44.4 Å². The Morgan fingerprint density at radius 1 is 0.824 bits per heavy atom. The van der Waals surface area contributed by atoms with Gasteiger partial charge < -0.3 is 24.8 Å². The molecule has 3 aromatic carbocycles. The van der Waals surface area contributed by atoms with Gasteiger partial charge in [0.15, 0.2) is 6.61 Å². The van der Waals surface area contributed by atoms with E-state index >= 15 is 0 Å². The lowest BCUT2D eigenvalue weighted by atomic mass is 10.2. The molecule has 176 valence electrons. The smallest absolute Gasteiger partial charge is 0.339 e. The van der Waals surface area contributed by atoms with Crippen molar-refractivity contribution in [3.05, 3.63) is 78.4 Å². The number of amides is 2. The number of hydrogen-bond donors (Lipinski definition) is 2. The molecule has 0 atom stereocenters. The second-order valence-corrected chi connectivity index (χ2v) is 7.91. The number of ether oxygens (including phenoxy) is 3. The monoisotopic (exact) mass is 480 g/mol. The molecule has 0 saturated heterocycles. The van der Waals surface area contributed by atoms with Crippen molar-refractivity contribution in [1.82, 2.24) is 0 Å². The molecule has 0 aliphatic heterocycles. The molecule has 3 rings (SSSR count). The lowest BCUT2D eigenvalue weighted by Gasteiger charge is -2.11. The Hall–Kier alpha value is -3.98. The number of carbonyl (C=O) groups is 3. The fraction of sp³-hybridized carbons (Fsp3) is 0.160. The van der Waals surface area contributed by atoms with Crippen LogP contribution < -0.4 is 20.1 Å². The summed E-state index contributed by atoms with van der Waals surface area (Å²) in [6, 6.07) is 20.7. The van der Waals surface area contributed by atoms with Crippen LogP contribution in [0.4, 0.5) is 11.4 Å². The number of anilines is 2. The average Bonchev–Trinajstić information content (AvgIpc) is 2.86. The maximum Gasteiger partial charge on any atom is 0.339 e. The van der Waals surface area contributed by atoms with Crippen LogP contribution in [0.15, 0.2) is 77.7 Å². The molecule has 9 heteroatoms. The third-order valence-corrected chi connectivity index (χ3v) is 5.61. The lowest BCUT2D eigenvalue weighted by molar-refractivity contribution is -0.119. The van der Waals surface area contributed by atoms with E-state index in [-0.39, 0.29) is 17.2 Å². The van der Waals surface area contributed by atoms with E-state index in [1.807, 2.05) is 0 Å². The number of para-hydroxylation sites is 2. The molecule has 0 radical (unpaired) electrons. The summed E-state index contributed by atoms with van der Waals surface area (Å²) in [7, 11) is 3.05. The van der Waals surface area contributed by atoms with Crippen LogP contribution in [0, 0.1) is 0 Å². The highest BCUT2D eigenvalue weighted by molar-refractivity contribution is 8.00. The van der Waals surface area contributed by atoms with Gasteiger partial charge in [-0.25, -0.2) is 4.79 Å². The number of nitrogens with one attached hydrogen (secondary N) is 2. The van der Waals surface area contributed by atoms with Gasteiger partial charge in [-0.3, -0.25) is 9.59 Å². The van der Waals surface area contributed by atoms with Crippen molar-refractivity contribution in [3.63, 3.8) is 0 Å². The summed E-state index contributed by atoms with van der Waals surface area (Å²) in [4.78, 5) is 37.7. The Labute approximate surface area is 201 Å². The summed E-state index contributed by atoms with van der Waals surface area (Å²) in [5.74, 6) is -0.190. The van der Waals surface area contributed by atoms with Crippen molar-refractivity contribution in [2.24, 2.45) is 0 Å². The van der Waals surface area contributed by atoms with E-state index in [0.29, 0.717) is 27.8 Å². The van der Waals surface area contributed by atoms with Crippen molar-refractivity contribution in [2.45, 2.75) is 4.90 Å². The van der Waals surface area contributed by atoms with Crippen LogP contribution in [0.25, 0.3) is 0 Å². The van der Waals surface area contributed by atoms with Crippen LogP contribution in [0.5, 0.6) is 11.5 Å². The standard InChI is InChI=1S/C25H24N2O6S/c1-31-18-9-7-8-17(14-18)26-24(29)16-34-22-13-6-3-10-19(22)25(30)33-15-23(28)27-20-11-4-5-12-21(20)32-2/h3-14H,15-16H2,1-2H3,(H,26,29)(H,27,28). The first-order valence-electron chi connectivity index (χ1n) is 10.3. The van der Waals surface area contributed by atoms with E-state index in [1.54, 1.807) is 79.9 Å². The molecule has 2 amide bonds. The summed E-state index contributed by atoms with van der Waals surface area (Å²) in [6.45, 7) is -0.466. The zero-order valence-electron chi connectivity index (χ0n) is 18.7. The van der Waals surface area contributed by atoms with E-state index in [2.05, 4.69) is 10.6 Å². The predicted octanol–water partition coefficient (Wildman–Crippen LogP) is 4.23. The Morgan fingerprint density at radius 3 is 2.38 bits per heavy atom. The molecule has 3 aromatic rings. The van der Waals surface area contributed by atoms with Gasteiger partial charge in [-0.1, -0.05) is 30.3 Å². The third-order valence-electron chi connectivity index (χ3n) is 4.53. The second-order valence-electron chi connectivity index (χ2n) is 6.89. The van der Waals surface area contributed by atoms with Gasteiger partial charge in [-0.2, -0.15) is 0 Å². The van der Waals surface area contributed by atoms with Gasteiger partial charge in [-0.05, 0) is 36.4 Å². The van der Waals surface area contributed by atoms with E-state index in [4.69, 9.17) is 14.2 Å². The van der Waals surface area contributed by atoms with Gasteiger partial charge in [-0.15, -0.1) is 11.8 Å². The minimum atomic E-state index is -0.661. The number of benzene rings is 3. The molecule has 2 N–H and O–H groups in total. The summed E-state index contributed by atoms with van der Waals surface area (Å²) in [5, 5.41) is 5.44. The highest BCUT2D eigenvalue weighted by Crippen LogP contribution is 2.25. The summed E-state index contributed by atoms with van der Waals surface area (Å²) >= 11 is 1.19. The highest BCUT2D eigenvalue weighted by Gasteiger charge is 2.16. The maximum absolute atomic E-state index is 12.6. The van der Waals surface area contributed by atoms with Crippen molar-refractivity contribution < 1.29 is 28.6 Å². The minimum absolute atomic E-state index is 0.0792. The van der Waals surface area contributed by atoms with Crippen molar-refractivity contribution >= 4 is 40.9 Å². The fourth-order valence-electron chi connectivity index (χ4n) is 2.95. The highest BCUT2D eigenvalue weighted by atomic mass is 32.2. The largest absolute Gasteiger partial charge is 0.497 e. The zero-order valence-corrected chi connectivity index (χ0v) is 19.5. The third kappa shape index (κ3) is 7.01. The van der Waals surface area contributed by atoms with Gasteiger partial charge >= 0.3 is 5.97 Å². The SMILES string of the molecule is COc1cccc(NC(=O)CSc2ccccc2C(=O)OCC(=O)Nc2ccccc2OC)c1. The number of carbonyl (C=O) groups excluding carboxylic acids is 3. The molecule has 0 spiro atoms. The zero-order chi connectivity index (χ0) is 24.3. The molecule has 0 heterocycles. The molecule has 0 aromatic heterocycles. The van der Waals surface area contributed by atoms with Gasteiger partial charge in [0.1, 0.15) is 11.5 Å². The van der Waals surface area contributed by atoms with Crippen LogP contribution in [0.3, 0.4) is 0 Å². The molecular weight excluding hydrogens is 456 g/mol. The van der Waals surface area contributed by atoms with Crippen molar-refractivity contribution in [3.8, 4) is 11.5 Å². The van der Waals surface area contributed by atoms with Crippen molar-refractivity contribution in [1.29, 1.82) is 0 Å². The first kappa shape index (κ1) is 24.7. The van der Waals surface area contributed by atoms with E-state index in [0.717, 1.165) is 0 Å². The maximum atomic E-state index is 12.6. The summed E-state index contributed by atoms with van der Waals surface area (Å²) < 4.78 is 15.5. The number of esters is 1. The first-order valence-corrected chi connectivity index (χ1v) is 11.2. The number of hydrogen-bond acceptors (Lipinski definition) is 7. The van der Waals surface area contributed by atoms with E-state index in [1.165, 1.54) is 18.9 Å². The molecular formula is C25H24N2O6S. The van der Waals surface area contributed by atoms with E-state index in [9.17, 15) is 14.4 Å². The van der Waals surface area contributed by atoms with Gasteiger partial charge in [0, 0.05) is 16.6 Å². The van der Waals surface area contributed by atoms with E-state index < -0.39 is 18.5 Å². The predicted molar refractivity (Wildman–Crippen MR) is 131 cm³/mol. The molecule has 0 unspecified atom stereocenters. The Balaban J connectivity index is 1.54. The number of thioether (sulfide) groups is 1. The molecule has 0 fully saturated rings. The fourth-order valence-corrected chi connectivity index (χ4v) is 3.79. The van der Waals surface area contributed by atoms with Crippen molar-refractivity contribution in [2.75, 3.05) is 37.2 Å². The lowest BCUT2D eigenvalue weighted by Crippen LogP contribution is -2.21. The Morgan fingerprint density at radius 2 is 1.59 bits per heavy atom. The molecule has 8 nitrogen and oxygen atoms in total. The molecule has 34 heavy (non-hydrogen) atoms. The normalized spacial score (nSPS) is 10.2. The average molecular weight is 481 g/mol. The van der Waals surface area contributed by atoms with Gasteiger partial charge in [0.2, 0.25) is 5.91 Å². The van der Waals surface area contributed by atoms with Gasteiger partial charge in [0.05, 0.1) is 31.2 Å². The summed E-state index contributed by atoms with van der Waals surface area (Å²) in [5.41, 5.74) is 1.36. The minimum Gasteiger partial charge on any atom is -0.497 e. The van der Waals surface area contributed by atoms with Crippen LogP contribution in [-0.2, 0) is 14.3 Å². The molecule has 0 aliphatic rings. The van der Waals surface area contributed by atoms with Crippen LogP contribution in [0.1, 0.15) is 10.4 Å². The topological polar surface area (TPSA) is 103 Å². The number of methoxy groups -OCH3 is 2. The molecule has 0 saturated carbocycles. The summed E-state index contributed by atoms with van der Waals surface area (Å²) in [6.07, 6.45) is 0. The molecule has 0 aliphatic carbocycles. The van der Waals surface area contributed by atoms with Gasteiger partial charge in [0.25, 0.3) is 5.91 Å². The van der Waals surface area contributed by atoms with Crippen LogP contribution in [0.2, 0.25) is 0 Å². The van der Waals surface area contributed by atoms with Crippen LogP contribution >= 0.6 is 11.8 Å². The quantitative estimate of drug-likeness (QED) is 0.331.